The highest BCUT2D eigenvalue weighted by molar-refractivity contribution is 9.10. The minimum atomic E-state index is 0.0868. The molecule has 0 fully saturated rings. The quantitative estimate of drug-likeness (QED) is 0.640. The highest BCUT2D eigenvalue weighted by Crippen LogP contribution is 2.22. The van der Waals surface area contributed by atoms with Crippen LogP contribution in [0.25, 0.3) is 0 Å². The first-order valence-electron chi connectivity index (χ1n) is 8.79. The molecule has 27 heavy (non-hydrogen) atoms. The molecule has 0 saturated heterocycles. The fourth-order valence-electron chi connectivity index (χ4n) is 3.52. The summed E-state index contributed by atoms with van der Waals surface area (Å²) >= 11 is 3.44. The average molecular weight is 420 g/mol. The van der Waals surface area contributed by atoms with Crippen LogP contribution in [0.15, 0.2) is 70.1 Å². The molecule has 4 rings (SSSR count). The summed E-state index contributed by atoms with van der Waals surface area (Å²) in [6.07, 6.45) is 1.89. The summed E-state index contributed by atoms with van der Waals surface area (Å²) in [6.45, 7) is 2.71. The zero-order valence-electron chi connectivity index (χ0n) is 14.7. The van der Waals surface area contributed by atoms with Gasteiger partial charge in [0.05, 0.1) is 18.2 Å². The Hall–Kier alpha value is -2.68. The molecule has 3 aromatic rings. The molecule has 0 unspecified atom stereocenters. The number of fused-ring (bicyclic) bond motifs is 1. The molecule has 0 atom stereocenters. The standard InChI is InChI=1S/C22H18BrN3O/c23-20-6-4-16(5-7-20)13-26-9-8-19-14-25(15-21(19)22(26)27)12-18-3-1-2-17(10-18)11-24/h1-10H,12-15H2. The molecule has 134 valence electrons. The lowest BCUT2D eigenvalue weighted by atomic mass is 10.1. The van der Waals surface area contributed by atoms with Crippen LogP contribution < -0.4 is 5.56 Å². The Labute approximate surface area is 166 Å². The summed E-state index contributed by atoms with van der Waals surface area (Å²) in [5, 5.41) is 9.06. The molecule has 0 radical (unpaired) electrons. The second-order valence-corrected chi connectivity index (χ2v) is 7.75. The Morgan fingerprint density at radius 2 is 1.81 bits per heavy atom. The molecule has 2 heterocycles. The van der Waals surface area contributed by atoms with E-state index in [9.17, 15) is 4.79 Å². The van der Waals surface area contributed by atoms with Crippen LogP contribution >= 0.6 is 15.9 Å². The molecule has 0 N–H and O–H groups in total. The Balaban J connectivity index is 1.52. The van der Waals surface area contributed by atoms with E-state index < -0.39 is 0 Å². The van der Waals surface area contributed by atoms with Crippen LogP contribution in [0.2, 0.25) is 0 Å². The highest BCUT2D eigenvalue weighted by atomic mass is 79.9. The monoisotopic (exact) mass is 419 g/mol. The van der Waals surface area contributed by atoms with E-state index in [0.29, 0.717) is 18.7 Å². The molecular formula is C22H18BrN3O. The van der Waals surface area contributed by atoms with Gasteiger partial charge in [0.15, 0.2) is 0 Å². The van der Waals surface area contributed by atoms with Crippen LogP contribution in [0.4, 0.5) is 0 Å². The largest absolute Gasteiger partial charge is 0.311 e. The first-order chi connectivity index (χ1) is 13.1. The predicted octanol–water partition coefficient (Wildman–Crippen LogP) is 4.05. The molecular weight excluding hydrogens is 402 g/mol. The molecule has 0 aliphatic carbocycles. The molecule has 0 bridgehead atoms. The van der Waals surface area contributed by atoms with Gasteiger partial charge in [0.25, 0.3) is 5.56 Å². The lowest BCUT2D eigenvalue weighted by Gasteiger charge is -2.14. The third-order valence-electron chi connectivity index (χ3n) is 4.87. The number of aromatic nitrogens is 1. The highest BCUT2D eigenvalue weighted by Gasteiger charge is 2.22. The number of rotatable bonds is 4. The van der Waals surface area contributed by atoms with Crippen molar-refractivity contribution in [3.05, 3.63) is 103 Å². The molecule has 0 saturated carbocycles. The van der Waals surface area contributed by atoms with Gasteiger partial charge >= 0.3 is 0 Å². The normalized spacial score (nSPS) is 13.3. The topological polar surface area (TPSA) is 49.0 Å². The minimum Gasteiger partial charge on any atom is -0.311 e. The van der Waals surface area contributed by atoms with Crippen LogP contribution in [0, 0.1) is 11.3 Å². The molecule has 0 spiro atoms. The van der Waals surface area contributed by atoms with Crippen LogP contribution in [-0.2, 0) is 26.2 Å². The number of nitrogens with zero attached hydrogens (tertiary/aromatic N) is 3. The van der Waals surface area contributed by atoms with Gasteiger partial charge in [-0.25, -0.2) is 0 Å². The van der Waals surface area contributed by atoms with E-state index in [1.165, 1.54) is 0 Å². The van der Waals surface area contributed by atoms with Gasteiger partial charge in [0.2, 0.25) is 0 Å². The number of hydrogen-bond acceptors (Lipinski definition) is 3. The molecule has 0 amide bonds. The van der Waals surface area contributed by atoms with Crippen molar-refractivity contribution in [3.8, 4) is 6.07 Å². The molecule has 2 aromatic carbocycles. The lowest BCUT2D eigenvalue weighted by Crippen LogP contribution is -2.24. The lowest BCUT2D eigenvalue weighted by molar-refractivity contribution is 0.275. The molecule has 1 aliphatic heterocycles. The Kier molecular flexibility index (Phi) is 4.93. The smallest absolute Gasteiger partial charge is 0.255 e. The Bertz CT molecular complexity index is 1080. The number of pyridine rings is 1. The van der Waals surface area contributed by atoms with Crippen molar-refractivity contribution in [1.82, 2.24) is 9.47 Å². The summed E-state index contributed by atoms with van der Waals surface area (Å²) in [6, 6.07) is 19.9. The predicted molar refractivity (Wildman–Crippen MR) is 108 cm³/mol. The van der Waals surface area contributed by atoms with Crippen molar-refractivity contribution in [2.75, 3.05) is 0 Å². The van der Waals surface area contributed by atoms with Crippen molar-refractivity contribution < 1.29 is 0 Å². The fourth-order valence-corrected chi connectivity index (χ4v) is 3.78. The van der Waals surface area contributed by atoms with Gasteiger partial charge in [-0.2, -0.15) is 5.26 Å². The fraction of sp³-hybridized carbons (Fsp3) is 0.182. The van der Waals surface area contributed by atoms with Gasteiger partial charge in [-0.05, 0) is 47.0 Å². The van der Waals surface area contributed by atoms with E-state index in [1.807, 2.05) is 54.7 Å². The van der Waals surface area contributed by atoms with Crippen LogP contribution in [0.1, 0.15) is 27.8 Å². The van der Waals surface area contributed by atoms with E-state index in [0.717, 1.165) is 39.8 Å². The zero-order chi connectivity index (χ0) is 18.8. The van der Waals surface area contributed by atoms with Gasteiger partial charge in [-0.3, -0.25) is 9.69 Å². The van der Waals surface area contributed by atoms with Crippen molar-refractivity contribution in [2.45, 2.75) is 26.2 Å². The van der Waals surface area contributed by atoms with Crippen molar-refractivity contribution >= 4 is 15.9 Å². The van der Waals surface area contributed by atoms with Crippen LogP contribution in [0.3, 0.4) is 0 Å². The Morgan fingerprint density at radius 1 is 1.00 bits per heavy atom. The third-order valence-corrected chi connectivity index (χ3v) is 5.40. The van der Waals surface area contributed by atoms with Crippen LogP contribution in [0.5, 0.6) is 0 Å². The summed E-state index contributed by atoms with van der Waals surface area (Å²) in [5.74, 6) is 0. The number of halogens is 1. The molecule has 4 nitrogen and oxygen atoms in total. The first-order valence-corrected chi connectivity index (χ1v) is 9.59. The van der Waals surface area contributed by atoms with E-state index in [-0.39, 0.29) is 5.56 Å². The van der Waals surface area contributed by atoms with Crippen molar-refractivity contribution in [1.29, 1.82) is 5.26 Å². The summed E-state index contributed by atoms with van der Waals surface area (Å²) in [5.41, 5.74) is 4.93. The second kappa shape index (κ2) is 7.51. The zero-order valence-corrected chi connectivity index (χ0v) is 16.3. The number of nitriles is 1. The summed E-state index contributed by atoms with van der Waals surface area (Å²) in [4.78, 5) is 15.2. The maximum Gasteiger partial charge on any atom is 0.255 e. The molecule has 1 aromatic heterocycles. The Morgan fingerprint density at radius 3 is 2.59 bits per heavy atom. The van der Waals surface area contributed by atoms with E-state index in [1.54, 1.807) is 4.57 Å². The maximum atomic E-state index is 12.9. The second-order valence-electron chi connectivity index (χ2n) is 6.84. The van der Waals surface area contributed by atoms with Gasteiger partial charge in [0.1, 0.15) is 0 Å². The first kappa shape index (κ1) is 17.7. The van der Waals surface area contributed by atoms with Crippen molar-refractivity contribution in [2.24, 2.45) is 0 Å². The number of benzene rings is 2. The minimum absolute atomic E-state index is 0.0868. The van der Waals surface area contributed by atoms with E-state index in [2.05, 4.69) is 33.0 Å². The third kappa shape index (κ3) is 3.87. The summed E-state index contributed by atoms with van der Waals surface area (Å²) < 4.78 is 2.81. The number of hydrogen-bond donors (Lipinski definition) is 0. The van der Waals surface area contributed by atoms with Crippen molar-refractivity contribution in [3.63, 3.8) is 0 Å². The average Bonchev–Trinajstić information content (AvgIpc) is 3.09. The SMILES string of the molecule is N#Cc1cccc(CN2Cc3ccn(Cc4ccc(Br)cc4)c(=O)c3C2)c1. The van der Waals surface area contributed by atoms with Gasteiger partial charge in [-0.15, -0.1) is 0 Å². The molecule has 5 heteroatoms. The molecule has 1 aliphatic rings. The maximum absolute atomic E-state index is 12.9. The summed E-state index contributed by atoms with van der Waals surface area (Å²) in [7, 11) is 0. The van der Waals surface area contributed by atoms with Gasteiger partial charge < -0.3 is 4.57 Å². The van der Waals surface area contributed by atoms with Gasteiger partial charge in [0, 0.05) is 35.9 Å². The van der Waals surface area contributed by atoms with Crippen LogP contribution in [-0.4, -0.2) is 9.47 Å². The van der Waals surface area contributed by atoms with E-state index >= 15 is 0 Å². The van der Waals surface area contributed by atoms with Gasteiger partial charge in [-0.1, -0.05) is 40.2 Å². The van der Waals surface area contributed by atoms with E-state index in [4.69, 9.17) is 5.26 Å².